The van der Waals surface area contributed by atoms with Gasteiger partial charge in [0.25, 0.3) is 0 Å². The third kappa shape index (κ3) is 1.46. The molecular formula is C12H15N. The fourth-order valence-corrected chi connectivity index (χ4v) is 1.88. The van der Waals surface area contributed by atoms with Crippen LogP contribution in [0.5, 0.6) is 0 Å². The fourth-order valence-electron chi connectivity index (χ4n) is 1.88. The van der Waals surface area contributed by atoms with Crippen LogP contribution in [-0.4, -0.2) is 0 Å². The number of para-hydroxylation sites is 1. The van der Waals surface area contributed by atoms with E-state index < -0.39 is 0 Å². The Labute approximate surface area is 79.3 Å². The van der Waals surface area contributed by atoms with E-state index in [1.807, 2.05) is 0 Å². The van der Waals surface area contributed by atoms with Crippen molar-refractivity contribution in [2.45, 2.75) is 26.2 Å². The van der Waals surface area contributed by atoms with E-state index in [2.05, 4.69) is 31.2 Å². The fraction of sp³-hybridized carbons (Fsp3) is 0.333. The van der Waals surface area contributed by atoms with Gasteiger partial charge in [-0.15, -0.1) is 0 Å². The van der Waals surface area contributed by atoms with E-state index in [1.165, 1.54) is 36.0 Å². The molecule has 0 heterocycles. The molecule has 13 heavy (non-hydrogen) atoms. The minimum atomic E-state index is 0.954. The van der Waals surface area contributed by atoms with E-state index in [0.717, 1.165) is 5.69 Å². The highest BCUT2D eigenvalue weighted by Crippen LogP contribution is 2.32. The maximum atomic E-state index is 6.02. The molecule has 0 aromatic heterocycles. The monoisotopic (exact) mass is 173 g/mol. The number of hydrogen-bond donors (Lipinski definition) is 1. The van der Waals surface area contributed by atoms with E-state index >= 15 is 0 Å². The molecule has 0 aliphatic heterocycles. The van der Waals surface area contributed by atoms with Crippen molar-refractivity contribution in [3.8, 4) is 0 Å². The molecule has 1 aromatic carbocycles. The Hall–Kier alpha value is -1.24. The first-order valence-electron chi connectivity index (χ1n) is 4.83. The van der Waals surface area contributed by atoms with Gasteiger partial charge in [0, 0.05) is 11.3 Å². The molecule has 0 saturated heterocycles. The minimum Gasteiger partial charge on any atom is -0.398 e. The minimum absolute atomic E-state index is 0.954. The molecule has 0 radical (unpaired) electrons. The molecule has 1 heteroatoms. The van der Waals surface area contributed by atoms with E-state index in [4.69, 9.17) is 5.73 Å². The summed E-state index contributed by atoms with van der Waals surface area (Å²) < 4.78 is 0. The lowest BCUT2D eigenvalue weighted by Crippen LogP contribution is -1.95. The Morgan fingerprint density at radius 3 is 2.85 bits per heavy atom. The molecule has 0 bridgehead atoms. The molecule has 68 valence electrons. The zero-order valence-electron chi connectivity index (χ0n) is 8.01. The average molecular weight is 173 g/mol. The van der Waals surface area contributed by atoms with Crippen molar-refractivity contribution in [1.29, 1.82) is 0 Å². The molecular weight excluding hydrogens is 158 g/mol. The molecule has 0 unspecified atom stereocenters. The first-order chi connectivity index (χ1) is 6.29. The lowest BCUT2D eigenvalue weighted by Gasteiger charge is -2.08. The Morgan fingerprint density at radius 1 is 1.31 bits per heavy atom. The van der Waals surface area contributed by atoms with Crippen LogP contribution in [0.4, 0.5) is 5.69 Å². The van der Waals surface area contributed by atoms with Crippen molar-refractivity contribution in [2.24, 2.45) is 0 Å². The van der Waals surface area contributed by atoms with Crippen LogP contribution in [0, 0.1) is 6.92 Å². The van der Waals surface area contributed by atoms with Crippen LogP contribution in [0.15, 0.2) is 24.3 Å². The number of nitrogen functional groups attached to an aromatic ring is 1. The third-order valence-electron chi connectivity index (χ3n) is 2.71. The van der Waals surface area contributed by atoms with Gasteiger partial charge in [-0.2, -0.15) is 0 Å². The lowest BCUT2D eigenvalue weighted by molar-refractivity contribution is 0.935. The van der Waals surface area contributed by atoms with Gasteiger partial charge in [-0.3, -0.25) is 0 Å². The smallest absolute Gasteiger partial charge is 0.0420 e. The second kappa shape index (κ2) is 3.25. The average Bonchev–Trinajstić information content (AvgIpc) is 2.62. The Balaban J connectivity index is 2.45. The predicted molar refractivity (Wildman–Crippen MR) is 57.4 cm³/mol. The first-order valence-corrected chi connectivity index (χ1v) is 4.83. The Morgan fingerprint density at radius 2 is 2.15 bits per heavy atom. The Kier molecular flexibility index (Phi) is 2.09. The molecule has 0 atom stereocenters. The maximum Gasteiger partial charge on any atom is 0.0420 e. The van der Waals surface area contributed by atoms with E-state index in [0.29, 0.717) is 0 Å². The first kappa shape index (κ1) is 8.36. The van der Waals surface area contributed by atoms with Crippen LogP contribution in [0.2, 0.25) is 0 Å². The molecule has 2 rings (SSSR count). The maximum absolute atomic E-state index is 6.02. The summed E-state index contributed by atoms with van der Waals surface area (Å²) in [6, 6.07) is 6.27. The van der Waals surface area contributed by atoms with Gasteiger partial charge in [0.1, 0.15) is 0 Å². The van der Waals surface area contributed by atoms with Crippen LogP contribution in [-0.2, 0) is 0 Å². The van der Waals surface area contributed by atoms with E-state index in [1.54, 1.807) is 0 Å². The SMILES string of the molecule is Cc1cccc(C2=CCCC2)c1N. The number of allylic oxidation sites excluding steroid dienone is 2. The number of nitrogens with two attached hydrogens (primary N) is 1. The zero-order chi connectivity index (χ0) is 9.26. The molecule has 1 nitrogen and oxygen atoms in total. The third-order valence-corrected chi connectivity index (χ3v) is 2.71. The van der Waals surface area contributed by atoms with Gasteiger partial charge in [-0.05, 0) is 37.3 Å². The zero-order valence-corrected chi connectivity index (χ0v) is 8.01. The number of rotatable bonds is 1. The topological polar surface area (TPSA) is 26.0 Å². The summed E-state index contributed by atoms with van der Waals surface area (Å²) in [4.78, 5) is 0. The van der Waals surface area contributed by atoms with Crippen molar-refractivity contribution in [2.75, 3.05) is 5.73 Å². The normalized spacial score (nSPS) is 15.9. The summed E-state index contributed by atoms with van der Waals surface area (Å²) in [5, 5.41) is 0. The van der Waals surface area contributed by atoms with Crippen molar-refractivity contribution >= 4 is 11.3 Å². The molecule has 0 saturated carbocycles. The van der Waals surface area contributed by atoms with Gasteiger partial charge >= 0.3 is 0 Å². The van der Waals surface area contributed by atoms with Gasteiger partial charge in [0.2, 0.25) is 0 Å². The summed E-state index contributed by atoms with van der Waals surface area (Å²) in [5.41, 5.74) is 10.8. The molecule has 1 aliphatic rings. The standard InChI is InChI=1S/C12H15N/c1-9-5-4-8-11(12(9)13)10-6-2-3-7-10/h4-6,8H,2-3,7,13H2,1H3. The van der Waals surface area contributed by atoms with E-state index in [9.17, 15) is 0 Å². The molecule has 1 aliphatic carbocycles. The Bertz CT molecular complexity index is 350. The van der Waals surface area contributed by atoms with Crippen LogP contribution < -0.4 is 5.73 Å². The van der Waals surface area contributed by atoms with Crippen molar-refractivity contribution in [3.05, 3.63) is 35.4 Å². The highest BCUT2D eigenvalue weighted by molar-refractivity contribution is 5.77. The highest BCUT2D eigenvalue weighted by atomic mass is 14.6. The van der Waals surface area contributed by atoms with Crippen LogP contribution in [0.1, 0.15) is 30.4 Å². The van der Waals surface area contributed by atoms with Crippen LogP contribution >= 0.6 is 0 Å². The highest BCUT2D eigenvalue weighted by Gasteiger charge is 2.10. The quantitative estimate of drug-likeness (QED) is 0.649. The summed E-state index contributed by atoms with van der Waals surface area (Å²) in [6.07, 6.45) is 5.99. The number of aryl methyl sites for hydroxylation is 1. The second-order valence-corrected chi connectivity index (χ2v) is 3.66. The van der Waals surface area contributed by atoms with Crippen molar-refractivity contribution in [3.63, 3.8) is 0 Å². The summed E-state index contributed by atoms with van der Waals surface area (Å²) in [5.74, 6) is 0. The molecule has 0 amide bonds. The van der Waals surface area contributed by atoms with Crippen LogP contribution in [0.25, 0.3) is 5.57 Å². The lowest BCUT2D eigenvalue weighted by atomic mass is 10.0. The van der Waals surface area contributed by atoms with Gasteiger partial charge in [0.05, 0.1) is 0 Å². The van der Waals surface area contributed by atoms with E-state index in [-0.39, 0.29) is 0 Å². The number of benzene rings is 1. The number of hydrogen-bond acceptors (Lipinski definition) is 1. The van der Waals surface area contributed by atoms with Gasteiger partial charge in [-0.25, -0.2) is 0 Å². The van der Waals surface area contributed by atoms with Gasteiger partial charge in [0.15, 0.2) is 0 Å². The largest absolute Gasteiger partial charge is 0.398 e. The van der Waals surface area contributed by atoms with Crippen molar-refractivity contribution in [1.82, 2.24) is 0 Å². The molecule has 2 N–H and O–H groups in total. The molecule has 1 aromatic rings. The molecule has 0 fully saturated rings. The predicted octanol–water partition coefficient (Wildman–Crippen LogP) is 3.14. The van der Waals surface area contributed by atoms with Gasteiger partial charge in [-0.1, -0.05) is 24.3 Å². The molecule has 0 spiro atoms. The number of anilines is 1. The van der Waals surface area contributed by atoms with Crippen molar-refractivity contribution < 1.29 is 0 Å². The summed E-state index contributed by atoms with van der Waals surface area (Å²) in [7, 11) is 0. The summed E-state index contributed by atoms with van der Waals surface area (Å²) >= 11 is 0. The van der Waals surface area contributed by atoms with Gasteiger partial charge < -0.3 is 5.73 Å². The second-order valence-electron chi connectivity index (χ2n) is 3.66. The van der Waals surface area contributed by atoms with Crippen LogP contribution in [0.3, 0.4) is 0 Å². The summed E-state index contributed by atoms with van der Waals surface area (Å²) in [6.45, 7) is 2.06.